The van der Waals surface area contributed by atoms with Crippen LogP contribution in [0.25, 0.3) is 0 Å². The van der Waals surface area contributed by atoms with Crippen molar-refractivity contribution in [3.63, 3.8) is 0 Å². The van der Waals surface area contributed by atoms with Crippen LogP contribution in [0.4, 0.5) is 26.3 Å². The summed E-state index contributed by atoms with van der Waals surface area (Å²) in [6.45, 7) is 0. The molecule has 0 rings (SSSR count). The molecule has 0 heterocycles. The largest absolute Gasteiger partial charge is 0.458 e. The number of hydrogen-bond donors (Lipinski definition) is 0. The predicted molar refractivity (Wildman–Crippen MR) is 27.0 cm³/mol. The van der Waals surface area contributed by atoms with E-state index in [0.29, 0.717) is 0 Å². The number of alkyl halides is 6. The van der Waals surface area contributed by atoms with Gasteiger partial charge in [0.1, 0.15) is 0 Å². The fourth-order valence-electron chi connectivity index (χ4n) is 0.379. The fraction of sp³-hybridized carbons (Fsp3) is 0.600. The van der Waals surface area contributed by atoms with Gasteiger partial charge in [-0.2, -0.15) is 13.2 Å². The number of halogens is 6. The molecule has 0 radical (unpaired) electrons. The van der Waals surface area contributed by atoms with Gasteiger partial charge in [0, 0.05) is 0 Å². The van der Waals surface area contributed by atoms with Gasteiger partial charge in [0.2, 0.25) is 12.0 Å². The average molecular weight is 208 g/mol. The Hall–Kier alpha value is -1.08. The molecule has 0 aromatic heterocycles. The topological polar surface area (TPSA) is 34.1 Å². The van der Waals surface area contributed by atoms with E-state index < -0.39 is 30.3 Å². The Morgan fingerprint density at radius 1 is 1.00 bits per heavy atom. The van der Waals surface area contributed by atoms with E-state index in [2.05, 4.69) is 0 Å². The van der Waals surface area contributed by atoms with Crippen LogP contribution < -0.4 is 0 Å². The van der Waals surface area contributed by atoms with Crippen molar-refractivity contribution >= 4 is 11.6 Å². The summed E-state index contributed by atoms with van der Waals surface area (Å²) >= 11 is 0. The number of rotatable bonds is 3. The summed E-state index contributed by atoms with van der Waals surface area (Å²) in [5.74, 6) is -5.89. The zero-order valence-electron chi connectivity index (χ0n) is 5.74. The third-order valence-corrected chi connectivity index (χ3v) is 0.953. The van der Waals surface area contributed by atoms with Crippen LogP contribution >= 0.6 is 0 Å². The summed E-state index contributed by atoms with van der Waals surface area (Å²) in [6.07, 6.45) is -13.3. The van der Waals surface area contributed by atoms with Crippen LogP contribution in [-0.4, -0.2) is 30.3 Å². The first-order valence-corrected chi connectivity index (χ1v) is 2.75. The normalized spacial score (nSPS) is 14.4. The Labute approximate surface area is 67.5 Å². The molecule has 8 heteroatoms. The van der Waals surface area contributed by atoms with E-state index in [4.69, 9.17) is 0 Å². The molecule has 0 aliphatic carbocycles. The molecule has 0 aromatic rings. The van der Waals surface area contributed by atoms with E-state index in [9.17, 15) is 35.9 Å². The number of ketones is 2. The highest BCUT2D eigenvalue weighted by molar-refractivity contribution is 6.41. The monoisotopic (exact) mass is 208 g/mol. The lowest BCUT2D eigenvalue weighted by Crippen LogP contribution is -2.39. The van der Waals surface area contributed by atoms with Crippen LogP contribution in [0.1, 0.15) is 0 Å². The molecule has 1 atom stereocenters. The van der Waals surface area contributed by atoms with E-state index in [1.165, 1.54) is 0 Å². The van der Waals surface area contributed by atoms with Gasteiger partial charge in [-0.05, 0) is 0 Å². The SMILES string of the molecule is O=C(C(=O)C(F)(F)F)C(F)C(F)F. The molecule has 0 aliphatic rings. The molecule has 0 spiro atoms. The van der Waals surface area contributed by atoms with Crippen molar-refractivity contribution in [1.29, 1.82) is 0 Å². The van der Waals surface area contributed by atoms with Crippen LogP contribution in [0.2, 0.25) is 0 Å². The highest BCUT2D eigenvalue weighted by Crippen LogP contribution is 2.19. The first-order valence-electron chi connectivity index (χ1n) is 2.75. The number of carbonyl (C=O) groups excluding carboxylic acids is 2. The minimum atomic E-state index is -5.61. The minimum absolute atomic E-state index is 2.78. The molecule has 2 nitrogen and oxygen atoms in total. The summed E-state index contributed by atoms with van der Waals surface area (Å²) in [5, 5.41) is 0. The van der Waals surface area contributed by atoms with Crippen LogP contribution in [0, 0.1) is 0 Å². The maximum atomic E-state index is 11.9. The predicted octanol–water partition coefficient (Wildman–Crippen LogP) is 1.29. The van der Waals surface area contributed by atoms with Crippen molar-refractivity contribution in [2.45, 2.75) is 18.8 Å². The lowest BCUT2D eigenvalue weighted by Gasteiger charge is -2.06. The molecule has 13 heavy (non-hydrogen) atoms. The summed E-state index contributed by atoms with van der Waals surface area (Å²) in [7, 11) is 0. The van der Waals surface area contributed by atoms with Crippen molar-refractivity contribution in [2.24, 2.45) is 0 Å². The molecule has 0 fully saturated rings. The summed E-state index contributed by atoms with van der Waals surface area (Å²) < 4.78 is 68.5. The Kier molecular flexibility index (Phi) is 3.44. The second-order valence-corrected chi connectivity index (χ2v) is 1.93. The van der Waals surface area contributed by atoms with Gasteiger partial charge < -0.3 is 0 Å². The molecule has 1 unspecified atom stereocenters. The van der Waals surface area contributed by atoms with Crippen LogP contribution in [0.5, 0.6) is 0 Å². The van der Waals surface area contributed by atoms with E-state index in [0.717, 1.165) is 0 Å². The van der Waals surface area contributed by atoms with Gasteiger partial charge in [0.15, 0.2) is 0 Å². The third kappa shape index (κ3) is 3.03. The zero-order chi connectivity index (χ0) is 10.8. The molecule has 76 valence electrons. The van der Waals surface area contributed by atoms with Gasteiger partial charge in [0.05, 0.1) is 0 Å². The Balaban J connectivity index is 4.54. The van der Waals surface area contributed by atoms with Crippen molar-refractivity contribution in [2.75, 3.05) is 0 Å². The van der Waals surface area contributed by atoms with Gasteiger partial charge in [-0.3, -0.25) is 9.59 Å². The number of hydrogen-bond acceptors (Lipinski definition) is 2. The second-order valence-electron chi connectivity index (χ2n) is 1.93. The number of Topliss-reactive ketones (excluding diaryl/α,β-unsaturated/α-hetero) is 2. The molecule has 0 bridgehead atoms. The van der Waals surface area contributed by atoms with Crippen LogP contribution in [0.15, 0.2) is 0 Å². The van der Waals surface area contributed by atoms with E-state index in [-0.39, 0.29) is 0 Å². The summed E-state index contributed by atoms with van der Waals surface area (Å²) in [4.78, 5) is 19.9. The maximum absolute atomic E-state index is 11.9. The molecular weight excluding hydrogens is 206 g/mol. The molecule has 0 aliphatic heterocycles. The summed E-state index contributed by atoms with van der Waals surface area (Å²) in [5.41, 5.74) is 0. The highest BCUT2D eigenvalue weighted by Gasteiger charge is 2.48. The second kappa shape index (κ2) is 3.75. The van der Waals surface area contributed by atoms with Crippen molar-refractivity contribution in [3.8, 4) is 0 Å². The van der Waals surface area contributed by atoms with Gasteiger partial charge >= 0.3 is 12.0 Å². The van der Waals surface area contributed by atoms with E-state index >= 15 is 0 Å². The van der Waals surface area contributed by atoms with Crippen LogP contribution in [-0.2, 0) is 9.59 Å². The zero-order valence-corrected chi connectivity index (χ0v) is 5.74. The van der Waals surface area contributed by atoms with E-state index in [1.54, 1.807) is 0 Å². The Morgan fingerprint density at radius 3 is 1.62 bits per heavy atom. The Bertz CT molecular complexity index is 220. The molecule has 0 aromatic carbocycles. The van der Waals surface area contributed by atoms with E-state index in [1.807, 2.05) is 0 Å². The van der Waals surface area contributed by atoms with Gasteiger partial charge in [-0.15, -0.1) is 0 Å². The lowest BCUT2D eigenvalue weighted by atomic mass is 10.2. The standard InChI is InChI=1S/C5H2F6O2/c6-1(4(7)8)2(12)3(13)5(9,10)11/h1,4H. The van der Waals surface area contributed by atoms with Crippen molar-refractivity contribution in [1.82, 2.24) is 0 Å². The summed E-state index contributed by atoms with van der Waals surface area (Å²) in [6, 6.07) is 0. The first-order chi connectivity index (χ1) is 5.68. The minimum Gasteiger partial charge on any atom is -0.287 e. The van der Waals surface area contributed by atoms with Gasteiger partial charge in [-0.25, -0.2) is 13.2 Å². The molecular formula is C5H2F6O2. The fourth-order valence-corrected chi connectivity index (χ4v) is 0.379. The number of carbonyl (C=O) groups is 2. The highest BCUT2D eigenvalue weighted by atomic mass is 19.4. The molecule has 0 saturated carbocycles. The Morgan fingerprint density at radius 2 is 1.38 bits per heavy atom. The van der Waals surface area contributed by atoms with Crippen molar-refractivity contribution in [3.05, 3.63) is 0 Å². The third-order valence-electron chi connectivity index (χ3n) is 0.953. The smallest absolute Gasteiger partial charge is 0.287 e. The van der Waals surface area contributed by atoms with Gasteiger partial charge in [-0.1, -0.05) is 0 Å². The molecule has 0 N–H and O–H groups in total. The molecule has 0 saturated heterocycles. The van der Waals surface area contributed by atoms with Gasteiger partial charge in [0.25, 0.3) is 6.43 Å². The quantitative estimate of drug-likeness (QED) is 0.517. The lowest BCUT2D eigenvalue weighted by molar-refractivity contribution is -0.177. The first kappa shape index (κ1) is 11.9. The molecule has 0 amide bonds. The average Bonchev–Trinajstić information content (AvgIpc) is 1.98. The maximum Gasteiger partial charge on any atom is 0.458 e. The van der Waals surface area contributed by atoms with Crippen molar-refractivity contribution < 1.29 is 35.9 Å². The van der Waals surface area contributed by atoms with Crippen LogP contribution in [0.3, 0.4) is 0 Å².